The Bertz CT molecular complexity index is 561. The number of hydrogen-bond donors (Lipinski definition) is 3. The van der Waals surface area contributed by atoms with Gasteiger partial charge in [-0.1, -0.05) is 6.92 Å². The summed E-state index contributed by atoms with van der Waals surface area (Å²) in [6, 6.07) is 1.29. The van der Waals surface area contributed by atoms with Crippen LogP contribution in [0.3, 0.4) is 0 Å². The molecule has 9 nitrogen and oxygen atoms in total. The number of aromatic carboxylic acids is 1. The summed E-state index contributed by atoms with van der Waals surface area (Å²) in [6.07, 6.45) is 0.755. The van der Waals surface area contributed by atoms with Gasteiger partial charge in [0.1, 0.15) is 6.04 Å². The summed E-state index contributed by atoms with van der Waals surface area (Å²) < 4.78 is 0. The third kappa shape index (κ3) is 4.41. The summed E-state index contributed by atoms with van der Waals surface area (Å²) in [6.45, 7) is 3.88. The van der Waals surface area contributed by atoms with Crippen LogP contribution in [0.1, 0.15) is 30.8 Å². The van der Waals surface area contributed by atoms with Crippen LogP contribution in [-0.4, -0.2) is 39.5 Å². The quantitative estimate of drug-likeness (QED) is 0.505. The van der Waals surface area contributed by atoms with Crippen molar-refractivity contribution < 1.29 is 19.6 Å². The van der Waals surface area contributed by atoms with Gasteiger partial charge in [-0.25, -0.2) is 9.78 Å². The van der Waals surface area contributed by atoms with Gasteiger partial charge in [-0.15, -0.1) is 0 Å². The molecule has 1 unspecified atom stereocenters. The van der Waals surface area contributed by atoms with E-state index in [-0.39, 0.29) is 17.4 Å². The molecule has 1 aromatic heterocycles. The van der Waals surface area contributed by atoms with Crippen molar-refractivity contribution in [2.45, 2.75) is 26.3 Å². The molecule has 0 fully saturated rings. The second-order valence-corrected chi connectivity index (χ2v) is 4.28. The lowest BCUT2D eigenvalue weighted by Crippen LogP contribution is -2.38. The number of hydrogen-bond acceptors (Lipinski definition) is 6. The largest absolute Gasteiger partial charge is 0.477 e. The summed E-state index contributed by atoms with van der Waals surface area (Å²) in [5, 5.41) is 25.0. The number of anilines is 1. The molecule has 1 rings (SSSR count). The third-order valence-corrected chi connectivity index (χ3v) is 2.59. The first-order valence-corrected chi connectivity index (χ1v) is 6.29. The molecule has 21 heavy (non-hydrogen) atoms. The Morgan fingerprint density at radius 3 is 2.67 bits per heavy atom. The van der Waals surface area contributed by atoms with Crippen molar-refractivity contribution in [3.05, 3.63) is 27.9 Å². The van der Waals surface area contributed by atoms with Gasteiger partial charge in [-0.05, 0) is 19.4 Å². The van der Waals surface area contributed by atoms with E-state index >= 15 is 0 Å². The van der Waals surface area contributed by atoms with Gasteiger partial charge in [-0.2, -0.15) is 0 Å². The predicted octanol–water partition coefficient (Wildman–Crippen LogP) is 1.01. The van der Waals surface area contributed by atoms with E-state index in [1.54, 1.807) is 0 Å². The SMILES string of the molecule is CCCNC(=O)C(C)Nc1nc(C(=O)O)ccc1[N+](=O)[O-]. The van der Waals surface area contributed by atoms with Gasteiger partial charge in [-0.3, -0.25) is 14.9 Å². The Morgan fingerprint density at radius 1 is 1.48 bits per heavy atom. The van der Waals surface area contributed by atoms with E-state index in [1.807, 2.05) is 6.92 Å². The van der Waals surface area contributed by atoms with Crippen LogP contribution in [0.2, 0.25) is 0 Å². The fraction of sp³-hybridized carbons (Fsp3) is 0.417. The lowest BCUT2D eigenvalue weighted by Gasteiger charge is -2.14. The number of nitrogens with zero attached hydrogens (tertiary/aromatic N) is 2. The van der Waals surface area contributed by atoms with Crippen LogP contribution in [0.25, 0.3) is 0 Å². The molecule has 1 atom stereocenters. The molecule has 1 heterocycles. The fourth-order valence-electron chi connectivity index (χ4n) is 1.50. The molecule has 114 valence electrons. The zero-order valence-corrected chi connectivity index (χ0v) is 11.6. The minimum Gasteiger partial charge on any atom is -0.477 e. The zero-order valence-electron chi connectivity index (χ0n) is 11.6. The van der Waals surface area contributed by atoms with Crippen molar-refractivity contribution in [3.63, 3.8) is 0 Å². The molecule has 0 spiro atoms. The van der Waals surface area contributed by atoms with E-state index in [1.165, 1.54) is 6.92 Å². The smallest absolute Gasteiger partial charge is 0.354 e. The standard InChI is InChI=1S/C12H16N4O5/c1-3-6-13-11(17)7(2)14-10-9(16(20)21)5-4-8(15-10)12(18)19/h4-5,7H,3,6H2,1-2H3,(H,13,17)(H,14,15)(H,18,19). The number of carboxylic acids is 1. The van der Waals surface area contributed by atoms with Gasteiger partial charge in [0.05, 0.1) is 4.92 Å². The number of aromatic nitrogens is 1. The van der Waals surface area contributed by atoms with E-state index in [4.69, 9.17) is 5.11 Å². The molecule has 0 aliphatic carbocycles. The number of amides is 1. The van der Waals surface area contributed by atoms with Gasteiger partial charge in [0.2, 0.25) is 11.7 Å². The minimum absolute atomic E-state index is 0.251. The number of rotatable bonds is 7. The number of carbonyl (C=O) groups excluding carboxylic acids is 1. The summed E-state index contributed by atoms with van der Waals surface area (Å²) in [7, 11) is 0. The Balaban J connectivity index is 2.98. The Labute approximate surface area is 120 Å². The molecule has 1 aromatic rings. The normalized spacial score (nSPS) is 11.5. The molecular weight excluding hydrogens is 280 g/mol. The Morgan fingerprint density at radius 2 is 2.14 bits per heavy atom. The molecule has 0 aromatic carbocycles. The van der Waals surface area contributed by atoms with Crippen LogP contribution in [-0.2, 0) is 4.79 Å². The molecule has 0 aliphatic rings. The monoisotopic (exact) mass is 296 g/mol. The van der Waals surface area contributed by atoms with Crippen LogP contribution in [0.15, 0.2) is 12.1 Å². The summed E-state index contributed by atoms with van der Waals surface area (Å²) in [5.74, 6) is -1.91. The van der Waals surface area contributed by atoms with E-state index in [2.05, 4.69) is 15.6 Å². The van der Waals surface area contributed by atoms with Crippen LogP contribution in [0, 0.1) is 10.1 Å². The molecule has 1 amide bonds. The maximum absolute atomic E-state index is 11.7. The number of nitro groups is 1. The van der Waals surface area contributed by atoms with Gasteiger partial charge < -0.3 is 15.7 Å². The van der Waals surface area contributed by atoms with Crippen molar-refractivity contribution in [2.75, 3.05) is 11.9 Å². The summed E-state index contributed by atoms with van der Waals surface area (Å²) >= 11 is 0. The third-order valence-electron chi connectivity index (χ3n) is 2.59. The number of carbonyl (C=O) groups is 2. The molecular formula is C12H16N4O5. The molecule has 3 N–H and O–H groups in total. The van der Waals surface area contributed by atoms with Gasteiger partial charge in [0.25, 0.3) is 0 Å². The number of carboxylic acid groups (broad SMARTS) is 1. The van der Waals surface area contributed by atoms with Crippen LogP contribution in [0.5, 0.6) is 0 Å². The van der Waals surface area contributed by atoms with Crippen LogP contribution >= 0.6 is 0 Å². The first kappa shape index (κ1) is 16.3. The highest BCUT2D eigenvalue weighted by Gasteiger charge is 2.22. The Kier molecular flexibility index (Phi) is 5.58. The van der Waals surface area contributed by atoms with Gasteiger partial charge >= 0.3 is 11.7 Å². The zero-order chi connectivity index (χ0) is 16.0. The van der Waals surface area contributed by atoms with Gasteiger partial charge in [0.15, 0.2) is 5.69 Å². The highest BCUT2D eigenvalue weighted by Crippen LogP contribution is 2.22. The van der Waals surface area contributed by atoms with E-state index in [0.29, 0.717) is 6.54 Å². The molecule has 0 saturated heterocycles. The van der Waals surface area contributed by atoms with Crippen LogP contribution in [0.4, 0.5) is 11.5 Å². The summed E-state index contributed by atoms with van der Waals surface area (Å²) in [4.78, 5) is 36.4. The molecule has 0 bridgehead atoms. The molecule has 0 saturated carbocycles. The van der Waals surface area contributed by atoms with Crippen molar-refractivity contribution in [3.8, 4) is 0 Å². The van der Waals surface area contributed by atoms with Crippen molar-refractivity contribution in [1.29, 1.82) is 0 Å². The van der Waals surface area contributed by atoms with Crippen LogP contribution < -0.4 is 10.6 Å². The van der Waals surface area contributed by atoms with E-state index in [0.717, 1.165) is 18.6 Å². The highest BCUT2D eigenvalue weighted by atomic mass is 16.6. The van der Waals surface area contributed by atoms with Crippen molar-refractivity contribution in [2.24, 2.45) is 0 Å². The Hall–Kier alpha value is -2.71. The minimum atomic E-state index is -1.31. The van der Waals surface area contributed by atoms with E-state index < -0.39 is 22.6 Å². The van der Waals surface area contributed by atoms with E-state index in [9.17, 15) is 19.7 Å². The maximum Gasteiger partial charge on any atom is 0.354 e. The first-order valence-electron chi connectivity index (χ1n) is 6.29. The average Bonchev–Trinajstić information content (AvgIpc) is 2.44. The first-order chi connectivity index (χ1) is 9.86. The average molecular weight is 296 g/mol. The maximum atomic E-state index is 11.7. The van der Waals surface area contributed by atoms with Crippen molar-refractivity contribution in [1.82, 2.24) is 10.3 Å². The fourth-order valence-corrected chi connectivity index (χ4v) is 1.50. The number of nitrogens with one attached hydrogen (secondary N) is 2. The predicted molar refractivity (Wildman–Crippen MR) is 74.2 cm³/mol. The number of pyridine rings is 1. The molecule has 9 heteroatoms. The summed E-state index contributed by atoms with van der Waals surface area (Å²) in [5.41, 5.74) is -0.737. The lowest BCUT2D eigenvalue weighted by molar-refractivity contribution is -0.384. The highest BCUT2D eigenvalue weighted by molar-refractivity contribution is 5.87. The van der Waals surface area contributed by atoms with Crippen molar-refractivity contribution >= 4 is 23.4 Å². The van der Waals surface area contributed by atoms with Gasteiger partial charge in [0, 0.05) is 12.6 Å². The molecule has 0 aliphatic heterocycles. The molecule has 0 radical (unpaired) electrons. The second kappa shape index (κ2) is 7.17. The topological polar surface area (TPSA) is 134 Å². The second-order valence-electron chi connectivity index (χ2n) is 4.28. The lowest BCUT2D eigenvalue weighted by atomic mass is 10.2.